The van der Waals surface area contributed by atoms with E-state index in [0.717, 1.165) is 5.56 Å². The average Bonchev–Trinajstić information content (AvgIpc) is 2.35. The molecule has 7 heteroatoms. The second-order valence-electron chi connectivity index (χ2n) is 3.99. The summed E-state index contributed by atoms with van der Waals surface area (Å²) in [6.07, 6.45) is -1.62. The van der Waals surface area contributed by atoms with Gasteiger partial charge in [-0.3, -0.25) is 0 Å². The highest BCUT2D eigenvalue weighted by Gasteiger charge is 2.15. The van der Waals surface area contributed by atoms with E-state index >= 15 is 0 Å². The van der Waals surface area contributed by atoms with Gasteiger partial charge in [0.05, 0.1) is 12.6 Å². The van der Waals surface area contributed by atoms with Gasteiger partial charge in [0.25, 0.3) is 0 Å². The van der Waals surface area contributed by atoms with Crippen LogP contribution in [0.5, 0.6) is 0 Å². The first-order chi connectivity index (χ1) is 8.90. The lowest BCUT2D eigenvalue weighted by atomic mass is 10.1. The normalized spacial score (nSPS) is 13.4. The van der Waals surface area contributed by atoms with Crippen molar-refractivity contribution in [3.63, 3.8) is 0 Å². The standard InChI is InChI=1S/C12H15ClN2O4/c1-7(8-3-2-4-9(13)5-8)15-12(19)14-6-10(16)11(17)18/h2-5,7,10,16H,6H2,1H3,(H,17,18)(H2,14,15,19)/t7?,10-/m0/s1. The van der Waals surface area contributed by atoms with Crippen molar-refractivity contribution in [1.82, 2.24) is 10.6 Å². The van der Waals surface area contributed by atoms with Crippen molar-refractivity contribution >= 4 is 23.6 Å². The minimum Gasteiger partial charge on any atom is -0.479 e. The molecule has 0 fully saturated rings. The van der Waals surface area contributed by atoms with Crippen LogP contribution in [0.3, 0.4) is 0 Å². The number of carbonyl (C=O) groups excluding carboxylic acids is 1. The number of hydrogen-bond donors (Lipinski definition) is 4. The zero-order chi connectivity index (χ0) is 14.4. The Morgan fingerprint density at radius 1 is 1.42 bits per heavy atom. The number of urea groups is 1. The van der Waals surface area contributed by atoms with Crippen LogP contribution in [-0.4, -0.2) is 34.9 Å². The van der Waals surface area contributed by atoms with Gasteiger partial charge < -0.3 is 20.8 Å². The molecule has 0 bridgehead atoms. The van der Waals surface area contributed by atoms with E-state index in [-0.39, 0.29) is 12.6 Å². The van der Waals surface area contributed by atoms with Crippen LogP contribution in [0.15, 0.2) is 24.3 Å². The third-order valence-corrected chi connectivity index (χ3v) is 2.67. The number of rotatable bonds is 5. The predicted molar refractivity (Wildman–Crippen MR) is 70.0 cm³/mol. The van der Waals surface area contributed by atoms with Crippen molar-refractivity contribution in [3.8, 4) is 0 Å². The SMILES string of the molecule is CC(NC(=O)NC[C@H](O)C(=O)O)c1cccc(Cl)c1. The largest absolute Gasteiger partial charge is 0.479 e. The molecule has 4 N–H and O–H groups in total. The van der Waals surface area contributed by atoms with Gasteiger partial charge in [-0.2, -0.15) is 0 Å². The Hall–Kier alpha value is -1.79. The Morgan fingerprint density at radius 2 is 2.11 bits per heavy atom. The highest BCUT2D eigenvalue weighted by Crippen LogP contribution is 2.16. The molecule has 1 rings (SSSR count). The highest BCUT2D eigenvalue weighted by molar-refractivity contribution is 6.30. The Labute approximate surface area is 115 Å². The number of benzene rings is 1. The Morgan fingerprint density at radius 3 is 2.68 bits per heavy atom. The van der Waals surface area contributed by atoms with E-state index in [1.807, 2.05) is 6.07 Å². The summed E-state index contributed by atoms with van der Waals surface area (Å²) in [5.41, 5.74) is 0.821. The summed E-state index contributed by atoms with van der Waals surface area (Å²) in [6.45, 7) is 1.41. The summed E-state index contributed by atoms with van der Waals surface area (Å²) in [4.78, 5) is 21.8. The molecule has 0 heterocycles. The fraction of sp³-hybridized carbons (Fsp3) is 0.333. The highest BCUT2D eigenvalue weighted by atomic mass is 35.5. The number of carboxylic acids is 1. The van der Waals surface area contributed by atoms with Crippen LogP contribution in [0.25, 0.3) is 0 Å². The molecule has 0 radical (unpaired) electrons. The molecule has 2 atom stereocenters. The molecule has 6 nitrogen and oxygen atoms in total. The molecule has 0 aliphatic rings. The van der Waals surface area contributed by atoms with E-state index in [1.54, 1.807) is 25.1 Å². The van der Waals surface area contributed by atoms with E-state index < -0.39 is 18.1 Å². The lowest BCUT2D eigenvalue weighted by molar-refractivity contribution is -0.146. The number of carbonyl (C=O) groups is 2. The van der Waals surface area contributed by atoms with Gasteiger partial charge in [0.1, 0.15) is 0 Å². The van der Waals surface area contributed by atoms with Gasteiger partial charge in [0.15, 0.2) is 6.10 Å². The van der Waals surface area contributed by atoms with Gasteiger partial charge in [-0.25, -0.2) is 9.59 Å². The van der Waals surface area contributed by atoms with Crippen LogP contribution in [0.1, 0.15) is 18.5 Å². The molecule has 0 saturated heterocycles. The molecule has 1 aromatic rings. The predicted octanol–water partition coefficient (Wildman–Crippen LogP) is 1.15. The third kappa shape index (κ3) is 5.15. The molecule has 0 aromatic heterocycles. The van der Waals surface area contributed by atoms with Gasteiger partial charge in [-0.05, 0) is 24.6 Å². The lowest BCUT2D eigenvalue weighted by Gasteiger charge is -2.15. The minimum absolute atomic E-state index is 0.291. The zero-order valence-corrected chi connectivity index (χ0v) is 11.0. The first-order valence-corrected chi connectivity index (χ1v) is 5.98. The van der Waals surface area contributed by atoms with Gasteiger partial charge >= 0.3 is 12.0 Å². The van der Waals surface area contributed by atoms with Crippen LogP contribution in [0.4, 0.5) is 4.79 Å². The van der Waals surface area contributed by atoms with Crippen LogP contribution in [0, 0.1) is 0 Å². The summed E-state index contributed by atoms with van der Waals surface area (Å²) >= 11 is 5.84. The quantitative estimate of drug-likeness (QED) is 0.652. The Kier molecular flexibility index (Phi) is 5.59. The number of aliphatic hydroxyl groups is 1. The molecular weight excluding hydrogens is 272 g/mol. The maximum atomic E-state index is 11.5. The summed E-state index contributed by atoms with van der Waals surface area (Å²) in [5, 5.41) is 22.9. The molecule has 0 aliphatic carbocycles. The summed E-state index contributed by atoms with van der Waals surface area (Å²) in [7, 11) is 0. The van der Waals surface area contributed by atoms with Crippen molar-refractivity contribution in [2.75, 3.05) is 6.54 Å². The van der Waals surface area contributed by atoms with E-state index in [1.165, 1.54) is 0 Å². The number of carboxylic acid groups (broad SMARTS) is 1. The zero-order valence-electron chi connectivity index (χ0n) is 10.3. The Bertz CT molecular complexity index is 467. The van der Waals surface area contributed by atoms with Gasteiger partial charge in [0, 0.05) is 5.02 Å². The lowest BCUT2D eigenvalue weighted by Crippen LogP contribution is -2.42. The van der Waals surface area contributed by atoms with Crippen LogP contribution < -0.4 is 10.6 Å². The van der Waals surface area contributed by atoms with E-state index in [9.17, 15) is 9.59 Å². The number of halogens is 1. The molecule has 1 aromatic carbocycles. The average molecular weight is 287 g/mol. The minimum atomic E-state index is -1.62. The van der Waals surface area contributed by atoms with Crippen molar-refractivity contribution in [2.45, 2.75) is 19.1 Å². The second kappa shape index (κ2) is 6.96. The maximum absolute atomic E-state index is 11.5. The number of nitrogens with one attached hydrogen (secondary N) is 2. The fourth-order valence-electron chi connectivity index (χ4n) is 1.38. The molecule has 0 spiro atoms. The second-order valence-corrected chi connectivity index (χ2v) is 4.42. The van der Waals surface area contributed by atoms with Crippen LogP contribution >= 0.6 is 11.6 Å². The van der Waals surface area contributed by atoms with Gasteiger partial charge in [-0.15, -0.1) is 0 Å². The summed E-state index contributed by atoms with van der Waals surface area (Å²) < 4.78 is 0. The van der Waals surface area contributed by atoms with Crippen LogP contribution in [-0.2, 0) is 4.79 Å². The third-order valence-electron chi connectivity index (χ3n) is 2.44. The topological polar surface area (TPSA) is 98.7 Å². The smallest absolute Gasteiger partial charge is 0.334 e. The number of hydrogen-bond acceptors (Lipinski definition) is 3. The number of aliphatic carboxylic acids is 1. The number of amides is 2. The van der Waals surface area contributed by atoms with E-state index in [2.05, 4.69) is 10.6 Å². The monoisotopic (exact) mass is 286 g/mol. The van der Waals surface area contributed by atoms with E-state index in [4.69, 9.17) is 21.8 Å². The molecule has 19 heavy (non-hydrogen) atoms. The summed E-state index contributed by atoms with van der Waals surface area (Å²) in [5.74, 6) is -1.39. The van der Waals surface area contributed by atoms with Crippen molar-refractivity contribution in [2.24, 2.45) is 0 Å². The molecule has 104 valence electrons. The van der Waals surface area contributed by atoms with Crippen molar-refractivity contribution < 1.29 is 19.8 Å². The first kappa shape index (κ1) is 15.3. The molecule has 1 unspecified atom stereocenters. The van der Waals surface area contributed by atoms with Crippen molar-refractivity contribution in [3.05, 3.63) is 34.9 Å². The van der Waals surface area contributed by atoms with Gasteiger partial charge in [0.2, 0.25) is 0 Å². The maximum Gasteiger partial charge on any atom is 0.334 e. The fourth-order valence-corrected chi connectivity index (χ4v) is 1.58. The van der Waals surface area contributed by atoms with E-state index in [0.29, 0.717) is 5.02 Å². The van der Waals surface area contributed by atoms with Gasteiger partial charge in [-0.1, -0.05) is 23.7 Å². The van der Waals surface area contributed by atoms with Crippen LogP contribution in [0.2, 0.25) is 5.02 Å². The molecule has 0 aliphatic heterocycles. The summed E-state index contributed by atoms with van der Waals surface area (Å²) in [6, 6.07) is 6.17. The number of aliphatic hydroxyl groups excluding tert-OH is 1. The van der Waals surface area contributed by atoms with Crippen molar-refractivity contribution in [1.29, 1.82) is 0 Å². The molecular formula is C12H15ClN2O4. The molecule has 2 amide bonds. The first-order valence-electron chi connectivity index (χ1n) is 5.61. The Balaban J connectivity index is 2.46. The molecule has 0 saturated carbocycles.